The van der Waals surface area contributed by atoms with E-state index >= 15 is 0 Å². The SMILES string of the molecule is COc1cc2c(=O)c3cccc4c3n(c2c(C)c1C)C(=O)C4. The maximum atomic E-state index is 12.9. The average molecular weight is 293 g/mol. The van der Waals surface area contributed by atoms with E-state index in [4.69, 9.17) is 4.74 Å². The Labute approximate surface area is 126 Å². The number of para-hydroxylation sites is 1. The number of fused-ring (bicyclic) bond motifs is 2. The van der Waals surface area contributed by atoms with Gasteiger partial charge in [0, 0.05) is 5.39 Å². The molecule has 0 unspecified atom stereocenters. The third kappa shape index (κ3) is 1.42. The molecule has 1 aliphatic heterocycles. The molecule has 0 N–H and O–H groups in total. The zero-order valence-corrected chi connectivity index (χ0v) is 12.7. The van der Waals surface area contributed by atoms with Gasteiger partial charge in [-0.25, -0.2) is 0 Å². The Morgan fingerprint density at radius 3 is 2.55 bits per heavy atom. The molecule has 22 heavy (non-hydrogen) atoms. The Morgan fingerprint density at radius 2 is 1.82 bits per heavy atom. The Morgan fingerprint density at radius 1 is 1.05 bits per heavy atom. The van der Waals surface area contributed by atoms with Gasteiger partial charge in [0.2, 0.25) is 5.91 Å². The van der Waals surface area contributed by atoms with Crippen molar-refractivity contribution in [3.05, 3.63) is 51.2 Å². The number of rotatable bonds is 1. The summed E-state index contributed by atoms with van der Waals surface area (Å²) < 4.78 is 7.09. The van der Waals surface area contributed by atoms with Gasteiger partial charge in [-0.3, -0.25) is 14.2 Å². The highest BCUT2D eigenvalue weighted by molar-refractivity contribution is 6.09. The van der Waals surface area contributed by atoms with Gasteiger partial charge in [-0.05, 0) is 42.7 Å². The first-order valence-corrected chi connectivity index (χ1v) is 7.22. The summed E-state index contributed by atoms with van der Waals surface area (Å²) in [7, 11) is 1.59. The van der Waals surface area contributed by atoms with Crippen LogP contribution in [0.1, 0.15) is 21.5 Å². The maximum Gasteiger partial charge on any atom is 0.236 e. The van der Waals surface area contributed by atoms with Crippen molar-refractivity contribution in [2.24, 2.45) is 0 Å². The number of aryl methyl sites for hydroxylation is 1. The molecule has 0 amide bonds. The first kappa shape index (κ1) is 13.1. The van der Waals surface area contributed by atoms with E-state index in [0.717, 1.165) is 22.2 Å². The number of hydrogen-bond donors (Lipinski definition) is 0. The van der Waals surface area contributed by atoms with Crippen LogP contribution in [0.3, 0.4) is 0 Å². The fourth-order valence-electron chi connectivity index (χ4n) is 3.47. The summed E-state index contributed by atoms with van der Waals surface area (Å²) in [5, 5.41) is 1.14. The van der Waals surface area contributed by atoms with Crippen LogP contribution in [-0.4, -0.2) is 17.6 Å². The predicted molar refractivity (Wildman–Crippen MR) is 86.1 cm³/mol. The van der Waals surface area contributed by atoms with Crippen LogP contribution in [0.15, 0.2) is 29.1 Å². The van der Waals surface area contributed by atoms with Gasteiger partial charge in [-0.15, -0.1) is 0 Å². The lowest BCUT2D eigenvalue weighted by atomic mass is 10.0. The third-order valence-electron chi connectivity index (χ3n) is 4.68. The van der Waals surface area contributed by atoms with E-state index in [0.29, 0.717) is 28.5 Å². The van der Waals surface area contributed by atoms with E-state index in [2.05, 4.69) is 0 Å². The van der Waals surface area contributed by atoms with E-state index in [-0.39, 0.29) is 11.3 Å². The van der Waals surface area contributed by atoms with E-state index < -0.39 is 0 Å². The standard InChI is InChI=1S/C18H15NO3/c1-9-10(2)16-13(8-14(9)22-3)18(21)12-6-4-5-11-7-15(20)19(16)17(11)12/h4-6,8H,7H2,1-3H3. The number of methoxy groups -OCH3 is 1. The van der Waals surface area contributed by atoms with Crippen molar-refractivity contribution in [1.82, 2.24) is 4.57 Å². The van der Waals surface area contributed by atoms with Gasteiger partial charge in [0.15, 0.2) is 5.43 Å². The number of hydrogen-bond acceptors (Lipinski definition) is 3. The summed E-state index contributed by atoms with van der Waals surface area (Å²) >= 11 is 0. The molecule has 4 rings (SSSR count). The number of nitrogens with zero attached hydrogens (tertiary/aromatic N) is 1. The predicted octanol–water partition coefficient (Wildman–Crippen LogP) is 2.98. The molecule has 0 saturated carbocycles. The molecule has 3 aromatic rings. The van der Waals surface area contributed by atoms with Crippen LogP contribution < -0.4 is 10.2 Å². The zero-order valence-electron chi connectivity index (χ0n) is 12.7. The molecule has 0 spiro atoms. The molecule has 0 aliphatic carbocycles. The topological polar surface area (TPSA) is 48.3 Å². The summed E-state index contributed by atoms with van der Waals surface area (Å²) in [6.45, 7) is 3.88. The largest absolute Gasteiger partial charge is 0.496 e. The van der Waals surface area contributed by atoms with Crippen molar-refractivity contribution in [2.45, 2.75) is 20.3 Å². The molecule has 4 heteroatoms. The summed E-state index contributed by atoms with van der Waals surface area (Å²) in [6.07, 6.45) is 0.348. The molecule has 1 aliphatic rings. The average Bonchev–Trinajstić information content (AvgIpc) is 2.84. The van der Waals surface area contributed by atoms with Gasteiger partial charge in [-0.2, -0.15) is 0 Å². The lowest BCUT2D eigenvalue weighted by Crippen LogP contribution is -2.15. The fourth-order valence-corrected chi connectivity index (χ4v) is 3.47. The van der Waals surface area contributed by atoms with E-state index in [1.807, 2.05) is 26.0 Å². The third-order valence-corrected chi connectivity index (χ3v) is 4.68. The van der Waals surface area contributed by atoms with E-state index in [1.54, 1.807) is 23.8 Å². The summed E-state index contributed by atoms with van der Waals surface area (Å²) in [5.74, 6) is 0.694. The quantitative estimate of drug-likeness (QED) is 0.648. The normalized spacial score (nSPS) is 13.3. The number of carbonyl (C=O) groups excluding carboxylic acids is 1. The molecule has 4 nitrogen and oxygen atoms in total. The second-order valence-electron chi connectivity index (χ2n) is 5.77. The smallest absolute Gasteiger partial charge is 0.236 e. The molecule has 0 radical (unpaired) electrons. The number of ether oxygens (including phenoxy) is 1. The van der Waals surface area contributed by atoms with Crippen molar-refractivity contribution >= 4 is 27.7 Å². The molecule has 110 valence electrons. The molecule has 2 aromatic carbocycles. The van der Waals surface area contributed by atoms with Gasteiger partial charge in [-0.1, -0.05) is 12.1 Å². The highest BCUT2D eigenvalue weighted by Gasteiger charge is 2.26. The van der Waals surface area contributed by atoms with Gasteiger partial charge in [0.05, 0.1) is 30.0 Å². The number of aromatic nitrogens is 1. The van der Waals surface area contributed by atoms with Crippen LogP contribution in [0.2, 0.25) is 0 Å². The minimum absolute atomic E-state index is 0.0175. The van der Waals surface area contributed by atoms with Crippen molar-refractivity contribution < 1.29 is 9.53 Å². The Kier molecular flexibility index (Phi) is 2.49. The first-order valence-electron chi connectivity index (χ1n) is 7.22. The van der Waals surface area contributed by atoms with Crippen molar-refractivity contribution in [1.29, 1.82) is 0 Å². The first-order chi connectivity index (χ1) is 10.5. The summed E-state index contributed by atoms with van der Waals surface area (Å²) in [4.78, 5) is 25.4. The van der Waals surface area contributed by atoms with Gasteiger partial charge in [0.1, 0.15) is 5.75 Å². The molecule has 2 heterocycles. The maximum absolute atomic E-state index is 12.9. The molecule has 0 bridgehead atoms. The van der Waals surface area contributed by atoms with Crippen molar-refractivity contribution in [3.63, 3.8) is 0 Å². The van der Waals surface area contributed by atoms with Crippen LogP contribution in [-0.2, 0) is 6.42 Å². The highest BCUT2D eigenvalue weighted by atomic mass is 16.5. The van der Waals surface area contributed by atoms with Gasteiger partial charge >= 0.3 is 0 Å². The van der Waals surface area contributed by atoms with Crippen molar-refractivity contribution in [3.8, 4) is 5.75 Å². The van der Waals surface area contributed by atoms with Crippen LogP contribution in [0.5, 0.6) is 5.75 Å². The molecule has 0 fully saturated rings. The zero-order chi connectivity index (χ0) is 15.6. The minimum Gasteiger partial charge on any atom is -0.496 e. The van der Waals surface area contributed by atoms with Crippen molar-refractivity contribution in [2.75, 3.05) is 7.11 Å². The van der Waals surface area contributed by atoms with E-state index in [9.17, 15) is 9.59 Å². The Balaban J connectivity index is 2.38. The van der Waals surface area contributed by atoms with Crippen LogP contribution in [0.4, 0.5) is 0 Å². The molecule has 0 atom stereocenters. The second-order valence-corrected chi connectivity index (χ2v) is 5.77. The monoisotopic (exact) mass is 293 g/mol. The molecule has 1 aromatic heterocycles. The Hall–Kier alpha value is -2.62. The highest BCUT2D eigenvalue weighted by Crippen LogP contribution is 2.34. The second kappa shape index (κ2) is 4.19. The van der Waals surface area contributed by atoms with Crippen LogP contribution in [0, 0.1) is 13.8 Å². The van der Waals surface area contributed by atoms with Gasteiger partial charge < -0.3 is 4.74 Å². The Bertz CT molecular complexity index is 1040. The lowest BCUT2D eigenvalue weighted by Gasteiger charge is -2.15. The number of pyridine rings is 1. The summed E-state index contributed by atoms with van der Waals surface area (Å²) in [6, 6.07) is 7.30. The van der Waals surface area contributed by atoms with Gasteiger partial charge in [0.25, 0.3) is 0 Å². The molecular formula is C18H15NO3. The minimum atomic E-state index is -0.0424. The summed E-state index contributed by atoms with van der Waals surface area (Å²) in [5.41, 5.74) is 4.23. The number of benzene rings is 2. The molecule has 0 saturated heterocycles. The van der Waals surface area contributed by atoms with Crippen LogP contribution >= 0.6 is 0 Å². The molecular weight excluding hydrogens is 278 g/mol. The fraction of sp³-hybridized carbons (Fsp3) is 0.222. The van der Waals surface area contributed by atoms with Crippen LogP contribution in [0.25, 0.3) is 21.8 Å². The van der Waals surface area contributed by atoms with E-state index in [1.165, 1.54) is 0 Å². The number of carbonyl (C=O) groups is 1. The lowest BCUT2D eigenvalue weighted by molar-refractivity contribution is 0.0933.